The molecule has 1 heterocycles. The Morgan fingerprint density at radius 2 is 1.83 bits per heavy atom. The molecule has 1 N–H and O–H groups in total. The number of rotatable bonds is 4. The lowest BCUT2D eigenvalue weighted by Crippen LogP contribution is -2.17. The summed E-state index contributed by atoms with van der Waals surface area (Å²) >= 11 is 0. The highest BCUT2D eigenvalue weighted by Crippen LogP contribution is 2.32. The van der Waals surface area contributed by atoms with Crippen molar-refractivity contribution in [1.29, 1.82) is 0 Å². The molecule has 0 aliphatic carbocycles. The molecule has 3 aromatic rings. The maximum Gasteiger partial charge on any atom is 0.573 e. The summed E-state index contributed by atoms with van der Waals surface area (Å²) in [6, 6.07) is 9.44. The third-order valence-corrected chi connectivity index (χ3v) is 4.29. The van der Waals surface area contributed by atoms with Crippen molar-refractivity contribution in [2.75, 3.05) is 20.6 Å². The topological polar surface area (TPSA) is 37.6 Å². The molecule has 7 heteroatoms. The summed E-state index contributed by atoms with van der Waals surface area (Å²) in [6.45, 7) is 2.87. The van der Waals surface area contributed by atoms with Gasteiger partial charge in [-0.1, -0.05) is 24.0 Å². The second kappa shape index (κ2) is 8.10. The highest BCUT2D eigenvalue weighted by molar-refractivity contribution is 5.92. The van der Waals surface area contributed by atoms with E-state index >= 15 is 0 Å². The van der Waals surface area contributed by atoms with Crippen molar-refractivity contribution < 1.29 is 23.0 Å². The van der Waals surface area contributed by atoms with Gasteiger partial charge in [0.25, 0.3) is 0 Å². The maximum atomic E-state index is 12.3. The smallest absolute Gasteiger partial charge is 0.494 e. The van der Waals surface area contributed by atoms with E-state index < -0.39 is 6.36 Å². The summed E-state index contributed by atoms with van der Waals surface area (Å²) in [6.07, 6.45) is -2.91. The van der Waals surface area contributed by atoms with E-state index in [1.165, 1.54) is 24.3 Å². The predicted octanol–water partition coefficient (Wildman–Crippen LogP) is 4.52. The second-order valence-corrected chi connectivity index (χ2v) is 7.07. The van der Waals surface area contributed by atoms with Crippen LogP contribution in [0, 0.1) is 18.8 Å². The van der Waals surface area contributed by atoms with Crippen LogP contribution in [0.4, 0.5) is 13.2 Å². The third-order valence-electron chi connectivity index (χ3n) is 4.29. The molecule has 0 aliphatic heterocycles. The first-order valence-electron chi connectivity index (χ1n) is 8.93. The zero-order valence-corrected chi connectivity index (χ0v) is 16.3. The second-order valence-electron chi connectivity index (χ2n) is 7.07. The quantitative estimate of drug-likeness (QED) is 0.653. The van der Waals surface area contributed by atoms with Crippen LogP contribution in [-0.2, 0) is 6.54 Å². The van der Waals surface area contributed by atoms with Crippen LogP contribution in [0.15, 0.2) is 42.6 Å². The van der Waals surface area contributed by atoms with Gasteiger partial charge in [0.15, 0.2) is 5.88 Å². The molecule has 152 valence electrons. The van der Waals surface area contributed by atoms with E-state index in [1.807, 2.05) is 44.2 Å². The van der Waals surface area contributed by atoms with Gasteiger partial charge in [-0.25, -0.2) is 0 Å². The Labute approximate surface area is 167 Å². The van der Waals surface area contributed by atoms with Crippen LogP contribution in [0.5, 0.6) is 11.6 Å². The lowest BCUT2D eigenvalue weighted by atomic mass is 10.1. The van der Waals surface area contributed by atoms with Crippen molar-refractivity contribution in [3.8, 4) is 23.5 Å². The molecule has 0 atom stereocenters. The Balaban J connectivity index is 1.85. The van der Waals surface area contributed by atoms with Crippen LogP contribution in [0.25, 0.3) is 10.8 Å². The van der Waals surface area contributed by atoms with E-state index in [2.05, 4.69) is 16.6 Å². The van der Waals surface area contributed by atoms with Gasteiger partial charge in [0, 0.05) is 22.5 Å². The molecule has 4 nitrogen and oxygen atoms in total. The number of alkyl halides is 3. The lowest BCUT2D eigenvalue weighted by Gasteiger charge is -2.10. The summed E-state index contributed by atoms with van der Waals surface area (Å²) in [4.78, 5) is 1.98. The van der Waals surface area contributed by atoms with E-state index in [1.54, 1.807) is 4.57 Å². The van der Waals surface area contributed by atoms with E-state index in [4.69, 9.17) is 0 Å². The van der Waals surface area contributed by atoms with Crippen LogP contribution in [0.3, 0.4) is 0 Å². The van der Waals surface area contributed by atoms with E-state index in [0.717, 1.165) is 27.5 Å². The summed E-state index contributed by atoms with van der Waals surface area (Å²) in [5.74, 6) is 6.05. The molecule has 0 amide bonds. The van der Waals surface area contributed by atoms with Gasteiger partial charge >= 0.3 is 6.36 Å². The number of hydrogen-bond donors (Lipinski definition) is 1. The number of aryl methyl sites for hydroxylation is 1. The van der Waals surface area contributed by atoms with E-state index in [-0.39, 0.29) is 11.6 Å². The van der Waals surface area contributed by atoms with Crippen molar-refractivity contribution >= 4 is 10.8 Å². The van der Waals surface area contributed by atoms with Crippen LogP contribution in [0.2, 0.25) is 0 Å². The Morgan fingerprint density at radius 3 is 2.45 bits per heavy atom. The molecule has 0 fully saturated rings. The maximum absolute atomic E-state index is 12.3. The number of benzene rings is 2. The van der Waals surface area contributed by atoms with Crippen molar-refractivity contribution in [1.82, 2.24) is 9.47 Å². The van der Waals surface area contributed by atoms with Gasteiger partial charge in [0.2, 0.25) is 0 Å². The van der Waals surface area contributed by atoms with Crippen molar-refractivity contribution in [3.63, 3.8) is 0 Å². The predicted molar refractivity (Wildman–Crippen MR) is 106 cm³/mol. The Morgan fingerprint density at radius 1 is 1.14 bits per heavy atom. The summed E-state index contributed by atoms with van der Waals surface area (Å²) in [5, 5.41) is 12.2. The monoisotopic (exact) mass is 402 g/mol. The minimum Gasteiger partial charge on any atom is -0.494 e. The van der Waals surface area contributed by atoms with Gasteiger partial charge in [0.05, 0.1) is 13.1 Å². The molecule has 0 bridgehead atoms. The van der Waals surface area contributed by atoms with E-state index in [9.17, 15) is 18.3 Å². The van der Waals surface area contributed by atoms with Crippen LogP contribution in [0.1, 0.15) is 16.7 Å². The summed E-state index contributed by atoms with van der Waals surface area (Å²) < 4.78 is 42.4. The van der Waals surface area contributed by atoms with Crippen molar-refractivity contribution in [2.24, 2.45) is 0 Å². The molecule has 0 spiro atoms. The van der Waals surface area contributed by atoms with Crippen molar-refractivity contribution in [2.45, 2.75) is 19.8 Å². The molecule has 2 aromatic carbocycles. The van der Waals surface area contributed by atoms with Crippen LogP contribution in [-0.4, -0.2) is 41.6 Å². The molecule has 0 radical (unpaired) electrons. The molecule has 0 aliphatic rings. The number of nitrogens with zero attached hydrogens (tertiary/aromatic N) is 2. The van der Waals surface area contributed by atoms with E-state index in [0.29, 0.717) is 13.1 Å². The number of aromatic nitrogens is 1. The highest BCUT2D eigenvalue weighted by Gasteiger charge is 2.30. The molecule has 3 rings (SSSR count). The van der Waals surface area contributed by atoms with Gasteiger partial charge in [-0.3, -0.25) is 4.90 Å². The minimum atomic E-state index is -4.72. The number of ether oxygens (including phenoxy) is 1. The summed E-state index contributed by atoms with van der Waals surface area (Å²) in [5.41, 5.74) is 2.50. The number of fused-ring (bicyclic) bond motifs is 1. The molecular formula is C22H21F3N2O2. The average Bonchev–Trinajstić information content (AvgIpc) is 2.91. The molecule has 29 heavy (non-hydrogen) atoms. The normalized spacial score (nSPS) is 11.6. The molecule has 1 aromatic heterocycles. The largest absolute Gasteiger partial charge is 0.573 e. The molecule has 0 unspecified atom stereocenters. The Hall–Kier alpha value is -3.11. The third kappa shape index (κ3) is 5.24. The first-order valence-corrected chi connectivity index (χ1v) is 8.93. The first-order chi connectivity index (χ1) is 13.6. The number of hydrogen-bond acceptors (Lipinski definition) is 3. The lowest BCUT2D eigenvalue weighted by molar-refractivity contribution is -0.274. The fourth-order valence-electron chi connectivity index (χ4n) is 3.08. The van der Waals surface area contributed by atoms with Gasteiger partial charge in [-0.05, 0) is 56.4 Å². The first kappa shape index (κ1) is 20.6. The fraction of sp³-hybridized carbons (Fsp3) is 0.273. The van der Waals surface area contributed by atoms with Gasteiger partial charge in [-0.2, -0.15) is 0 Å². The highest BCUT2D eigenvalue weighted by atomic mass is 19.4. The minimum absolute atomic E-state index is 0.112. The fourth-order valence-corrected chi connectivity index (χ4v) is 3.08. The van der Waals surface area contributed by atoms with Crippen LogP contribution < -0.4 is 4.74 Å². The van der Waals surface area contributed by atoms with Gasteiger partial charge in [0.1, 0.15) is 5.75 Å². The molecular weight excluding hydrogens is 381 g/mol. The SMILES string of the molecule is Cc1cc(C#CCN(C)C)cc2cn(Cc3ccc(OC(F)(F)F)cc3)c(O)c12. The Bertz CT molecular complexity index is 1070. The van der Waals surface area contributed by atoms with Crippen LogP contribution >= 0.6 is 0 Å². The average molecular weight is 402 g/mol. The summed E-state index contributed by atoms with van der Waals surface area (Å²) in [7, 11) is 3.89. The molecule has 0 saturated heterocycles. The van der Waals surface area contributed by atoms with Gasteiger partial charge in [-0.15, -0.1) is 13.2 Å². The van der Waals surface area contributed by atoms with Gasteiger partial charge < -0.3 is 14.4 Å². The Kier molecular flexibility index (Phi) is 5.76. The number of aromatic hydroxyl groups is 1. The zero-order valence-electron chi connectivity index (χ0n) is 16.3. The number of halogens is 3. The van der Waals surface area contributed by atoms with Crippen molar-refractivity contribution in [3.05, 3.63) is 59.3 Å². The molecule has 0 saturated carbocycles. The zero-order chi connectivity index (χ0) is 21.2. The standard InChI is InChI=1S/C22H21F3N2O2/c1-15-11-17(5-4-10-26(2)3)12-18-14-27(21(28)20(15)18)13-16-6-8-19(9-7-16)29-22(23,24)25/h6-9,11-12,14,28H,10,13H2,1-3H3.